The molecule has 0 aliphatic rings. The van der Waals surface area contributed by atoms with E-state index in [9.17, 15) is 0 Å². The molecule has 0 spiro atoms. The highest BCUT2D eigenvalue weighted by molar-refractivity contribution is 5.75. The fourth-order valence-electron chi connectivity index (χ4n) is 2.15. The van der Waals surface area contributed by atoms with Gasteiger partial charge in [0.05, 0.1) is 37.8 Å². The van der Waals surface area contributed by atoms with E-state index in [1.54, 1.807) is 0 Å². The van der Waals surface area contributed by atoms with E-state index < -0.39 is 0 Å². The maximum atomic E-state index is 5.63. The lowest BCUT2D eigenvalue weighted by atomic mass is 10.2. The summed E-state index contributed by atoms with van der Waals surface area (Å²) in [4.78, 5) is 8.98. The van der Waals surface area contributed by atoms with Crippen LogP contribution in [-0.4, -0.2) is 38.6 Å². The number of aryl methyl sites for hydroxylation is 1. The number of rotatable bonds is 10. The molecule has 1 aromatic carbocycles. The van der Waals surface area contributed by atoms with Crippen LogP contribution in [0.3, 0.4) is 0 Å². The Balaban J connectivity index is 3.01. The van der Waals surface area contributed by atoms with E-state index in [1.807, 2.05) is 39.0 Å². The van der Waals surface area contributed by atoms with E-state index in [-0.39, 0.29) is 12.2 Å². The Kier molecular flexibility index (Phi) is 11.7. The molecule has 0 amide bonds. The number of benzene rings is 1. The molecule has 0 aliphatic heterocycles. The summed E-state index contributed by atoms with van der Waals surface area (Å²) in [7, 11) is 0. The Hall–Kier alpha value is -2.24. The van der Waals surface area contributed by atoms with Gasteiger partial charge in [0.1, 0.15) is 0 Å². The quantitative estimate of drug-likeness (QED) is 0.299. The molecule has 0 unspecified atom stereocenters. The van der Waals surface area contributed by atoms with Crippen molar-refractivity contribution in [2.24, 2.45) is 9.98 Å². The largest absolute Gasteiger partial charge is 0.451 e. The number of hydrogen-bond acceptors (Lipinski definition) is 6. The fraction of sp³-hybridized carbons (Fsp3) is 0.619. The van der Waals surface area contributed by atoms with E-state index in [1.165, 1.54) is 0 Å². The van der Waals surface area contributed by atoms with Gasteiger partial charge in [0, 0.05) is 0 Å². The van der Waals surface area contributed by atoms with Crippen LogP contribution in [0.5, 0.6) is 0 Å². The number of unbranched alkanes of at least 4 members (excludes halogenated alkanes) is 2. The van der Waals surface area contributed by atoms with Gasteiger partial charge < -0.3 is 18.9 Å². The van der Waals surface area contributed by atoms with Gasteiger partial charge in [0.2, 0.25) is 0 Å². The van der Waals surface area contributed by atoms with E-state index >= 15 is 0 Å². The molecule has 0 aromatic heterocycles. The minimum atomic E-state index is 0.288. The van der Waals surface area contributed by atoms with Crippen LogP contribution < -0.4 is 0 Å². The average Bonchev–Trinajstić information content (AvgIpc) is 2.62. The summed E-state index contributed by atoms with van der Waals surface area (Å²) in [6, 6.07) is 5.77. The minimum Gasteiger partial charge on any atom is -0.451 e. The van der Waals surface area contributed by atoms with Gasteiger partial charge in [0.25, 0.3) is 0 Å². The second-order valence-corrected chi connectivity index (χ2v) is 6.05. The number of ether oxygens (including phenoxy) is 4. The van der Waals surface area contributed by atoms with E-state index in [0.29, 0.717) is 26.4 Å². The van der Waals surface area contributed by atoms with Crippen LogP contribution in [-0.2, 0) is 18.9 Å². The molecule has 0 saturated carbocycles. The summed E-state index contributed by atoms with van der Waals surface area (Å²) in [6.45, 7) is 12.2. The molecule has 0 N–H and O–H groups in total. The Labute approximate surface area is 163 Å². The SMILES string of the molecule is CCCCOC(=Nc1cc(C)cc(N=C(OCC)OCCCC)c1)OCC. The van der Waals surface area contributed by atoms with Crippen LogP contribution in [0, 0.1) is 6.92 Å². The van der Waals surface area contributed by atoms with Crippen LogP contribution >= 0.6 is 0 Å². The van der Waals surface area contributed by atoms with Crippen molar-refractivity contribution >= 4 is 23.5 Å². The Bertz CT molecular complexity index is 552. The normalized spacial score (nSPS) is 12.0. The van der Waals surface area contributed by atoms with Gasteiger partial charge in [-0.25, -0.2) is 0 Å². The van der Waals surface area contributed by atoms with Crippen molar-refractivity contribution < 1.29 is 18.9 Å². The van der Waals surface area contributed by atoms with Crippen molar-refractivity contribution in [1.29, 1.82) is 0 Å². The van der Waals surface area contributed by atoms with Gasteiger partial charge in [-0.3, -0.25) is 0 Å². The molecular formula is C21H34N2O4. The topological polar surface area (TPSA) is 61.6 Å². The lowest BCUT2D eigenvalue weighted by molar-refractivity contribution is 0.171. The zero-order chi connectivity index (χ0) is 19.9. The molecule has 0 radical (unpaired) electrons. The molecule has 0 fully saturated rings. The number of aliphatic imine (C=N–C) groups is 2. The summed E-state index contributed by atoms with van der Waals surface area (Å²) >= 11 is 0. The first-order valence-electron chi connectivity index (χ1n) is 9.93. The molecule has 6 nitrogen and oxygen atoms in total. The monoisotopic (exact) mass is 378 g/mol. The fourth-order valence-corrected chi connectivity index (χ4v) is 2.15. The smallest absolute Gasteiger partial charge is 0.388 e. The van der Waals surface area contributed by atoms with Crippen LogP contribution in [0.1, 0.15) is 58.9 Å². The molecular weight excluding hydrogens is 344 g/mol. The van der Waals surface area contributed by atoms with E-state index in [4.69, 9.17) is 18.9 Å². The lowest BCUT2D eigenvalue weighted by Gasteiger charge is -2.10. The van der Waals surface area contributed by atoms with Crippen molar-refractivity contribution in [3.63, 3.8) is 0 Å². The van der Waals surface area contributed by atoms with Crippen molar-refractivity contribution in [2.75, 3.05) is 26.4 Å². The summed E-state index contributed by atoms with van der Waals surface area (Å²) in [5, 5.41) is 0. The Morgan fingerprint density at radius 3 is 1.52 bits per heavy atom. The molecule has 0 aliphatic carbocycles. The third-order valence-electron chi connectivity index (χ3n) is 3.47. The second-order valence-electron chi connectivity index (χ2n) is 6.05. The molecule has 0 bridgehead atoms. The summed E-state index contributed by atoms with van der Waals surface area (Å²) < 4.78 is 22.3. The molecule has 27 heavy (non-hydrogen) atoms. The van der Waals surface area contributed by atoms with Crippen molar-refractivity contribution in [3.05, 3.63) is 23.8 Å². The van der Waals surface area contributed by atoms with Crippen LogP contribution in [0.15, 0.2) is 28.2 Å². The number of hydrogen-bond donors (Lipinski definition) is 0. The first-order chi connectivity index (χ1) is 13.1. The predicted molar refractivity (Wildman–Crippen MR) is 110 cm³/mol. The van der Waals surface area contributed by atoms with E-state index in [2.05, 4.69) is 23.8 Å². The van der Waals surface area contributed by atoms with Gasteiger partial charge in [-0.2, -0.15) is 9.98 Å². The minimum absolute atomic E-state index is 0.288. The molecule has 1 rings (SSSR count). The zero-order valence-corrected chi connectivity index (χ0v) is 17.4. The molecule has 1 aromatic rings. The molecule has 0 atom stereocenters. The molecule has 152 valence electrons. The highest BCUT2D eigenvalue weighted by atomic mass is 16.7. The summed E-state index contributed by atoms with van der Waals surface area (Å²) in [6.07, 6.45) is 4.61. The summed E-state index contributed by atoms with van der Waals surface area (Å²) in [5.41, 5.74) is 2.47. The molecule has 0 saturated heterocycles. The van der Waals surface area contributed by atoms with Crippen molar-refractivity contribution in [2.45, 2.75) is 60.3 Å². The van der Waals surface area contributed by atoms with Crippen LogP contribution in [0.4, 0.5) is 11.4 Å². The van der Waals surface area contributed by atoms with Crippen molar-refractivity contribution in [3.8, 4) is 0 Å². The first-order valence-corrected chi connectivity index (χ1v) is 9.93. The van der Waals surface area contributed by atoms with Crippen LogP contribution in [0.2, 0.25) is 0 Å². The van der Waals surface area contributed by atoms with Crippen molar-refractivity contribution in [1.82, 2.24) is 0 Å². The Morgan fingerprint density at radius 2 is 1.15 bits per heavy atom. The predicted octanol–water partition coefficient (Wildman–Crippen LogP) is 5.68. The van der Waals surface area contributed by atoms with Gasteiger partial charge in [-0.05, 0) is 57.4 Å². The highest BCUT2D eigenvalue weighted by Crippen LogP contribution is 2.24. The maximum Gasteiger partial charge on any atom is 0.388 e. The standard InChI is InChI=1S/C21H34N2O4/c1-6-10-12-26-20(24-8-3)22-18-14-17(5)15-19(16-18)23-21(25-9-4)27-13-11-7-2/h14-16H,6-13H2,1-5H3. The van der Waals surface area contributed by atoms with E-state index in [0.717, 1.165) is 42.6 Å². The Morgan fingerprint density at radius 1 is 0.704 bits per heavy atom. The van der Waals surface area contributed by atoms with Gasteiger partial charge in [-0.1, -0.05) is 26.7 Å². The molecule has 0 heterocycles. The van der Waals surface area contributed by atoms with Crippen LogP contribution in [0.25, 0.3) is 0 Å². The lowest BCUT2D eigenvalue weighted by Crippen LogP contribution is -2.11. The third-order valence-corrected chi connectivity index (χ3v) is 3.47. The van der Waals surface area contributed by atoms with Gasteiger partial charge in [-0.15, -0.1) is 0 Å². The summed E-state index contributed by atoms with van der Waals surface area (Å²) in [5.74, 6) is 0. The average molecular weight is 379 g/mol. The van der Waals surface area contributed by atoms with Gasteiger partial charge in [0.15, 0.2) is 0 Å². The van der Waals surface area contributed by atoms with Gasteiger partial charge >= 0.3 is 12.2 Å². The zero-order valence-electron chi connectivity index (χ0n) is 17.4. The highest BCUT2D eigenvalue weighted by Gasteiger charge is 2.06. The number of nitrogens with zero attached hydrogens (tertiary/aromatic N) is 2. The second kappa shape index (κ2) is 13.9. The maximum absolute atomic E-state index is 5.63. The third kappa shape index (κ3) is 9.87. The first kappa shape index (κ1) is 22.8. The molecule has 6 heteroatoms.